The van der Waals surface area contributed by atoms with E-state index in [2.05, 4.69) is 17.3 Å². The lowest BCUT2D eigenvalue weighted by molar-refractivity contribution is -0.0370. The Kier molecular flexibility index (Phi) is 5.34. The quantitative estimate of drug-likeness (QED) is 0.592. The van der Waals surface area contributed by atoms with Gasteiger partial charge in [0.05, 0.1) is 24.4 Å². The largest absolute Gasteiger partial charge is 0.492 e. The molecule has 3 N–H and O–H groups in total. The first-order valence-corrected chi connectivity index (χ1v) is 7.35. The number of rotatable bonds is 7. The van der Waals surface area contributed by atoms with Gasteiger partial charge in [-0.15, -0.1) is 0 Å². The fraction of sp³-hybridized carbons (Fsp3) is 0.667. The Morgan fingerprint density at radius 1 is 1.40 bits per heavy atom. The predicted molar refractivity (Wildman–Crippen MR) is 78.3 cm³/mol. The summed E-state index contributed by atoms with van der Waals surface area (Å²) in [5.74, 6) is 6.58. The zero-order valence-electron chi connectivity index (χ0n) is 12.4. The van der Waals surface area contributed by atoms with Crippen molar-refractivity contribution in [3.63, 3.8) is 0 Å². The van der Waals surface area contributed by atoms with E-state index in [0.717, 1.165) is 30.6 Å². The van der Waals surface area contributed by atoms with Crippen LogP contribution in [0.3, 0.4) is 0 Å². The lowest BCUT2D eigenvalue weighted by Crippen LogP contribution is -2.46. The summed E-state index contributed by atoms with van der Waals surface area (Å²) in [6.45, 7) is 2.78. The molecule has 1 atom stereocenters. The molecular weight excluding hydrogens is 254 g/mol. The molecule has 2 rings (SSSR count). The van der Waals surface area contributed by atoms with E-state index in [4.69, 9.17) is 15.3 Å². The molecule has 0 amide bonds. The van der Waals surface area contributed by atoms with E-state index in [1.54, 1.807) is 13.3 Å². The molecule has 1 unspecified atom stereocenters. The van der Waals surface area contributed by atoms with Gasteiger partial charge in [0.25, 0.3) is 0 Å². The first-order valence-electron chi connectivity index (χ1n) is 7.35. The summed E-state index contributed by atoms with van der Waals surface area (Å²) < 4.78 is 11.5. The molecule has 5 heteroatoms. The van der Waals surface area contributed by atoms with Gasteiger partial charge in [-0.1, -0.05) is 19.8 Å². The van der Waals surface area contributed by atoms with E-state index in [1.807, 2.05) is 12.3 Å². The van der Waals surface area contributed by atoms with Crippen LogP contribution in [0.1, 0.15) is 50.6 Å². The van der Waals surface area contributed by atoms with Gasteiger partial charge < -0.3 is 9.47 Å². The number of nitrogens with two attached hydrogens (primary N) is 1. The van der Waals surface area contributed by atoms with Crippen LogP contribution in [0, 0.1) is 0 Å². The van der Waals surface area contributed by atoms with Crippen molar-refractivity contribution in [3.05, 3.63) is 24.0 Å². The second kappa shape index (κ2) is 7.02. The van der Waals surface area contributed by atoms with Gasteiger partial charge in [-0.2, -0.15) is 0 Å². The van der Waals surface area contributed by atoms with Crippen LogP contribution in [0.5, 0.6) is 5.75 Å². The van der Waals surface area contributed by atoms with Gasteiger partial charge in [0.1, 0.15) is 5.75 Å². The number of ether oxygens (including phenoxy) is 2. The molecule has 1 aliphatic carbocycles. The first kappa shape index (κ1) is 15.2. The Hall–Kier alpha value is -1.17. The topological polar surface area (TPSA) is 69.4 Å². The minimum Gasteiger partial charge on any atom is -0.492 e. The van der Waals surface area contributed by atoms with Gasteiger partial charge in [0.15, 0.2) is 0 Å². The van der Waals surface area contributed by atoms with E-state index < -0.39 is 0 Å². The van der Waals surface area contributed by atoms with Crippen LogP contribution in [-0.2, 0) is 4.74 Å². The van der Waals surface area contributed by atoms with Crippen LogP contribution in [-0.4, -0.2) is 24.3 Å². The Morgan fingerprint density at radius 3 is 2.75 bits per heavy atom. The molecular formula is C15H25N3O2. The fourth-order valence-corrected chi connectivity index (χ4v) is 3.03. The smallest absolute Gasteiger partial charge is 0.137 e. The molecule has 0 saturated heterocycles. The van der Waals surface area contributed by atoms with Crippen molar-refractivity contribution in [3.8, 4) is 5.75 Å². The maximum absolute atomic E-state index is 5.82. The monoisotopic (exact) mass is 279 g/mol. The molecule has 0 aliphatic heterocycles. The number of aromatic nitrogens is 1. The van der Waals surface area contributed by atoms with Gasteiger partial charge in [-0.05, 0) is 30.9 Å². The number of pyridine rings is 1. The van der Waals surface area contributed by atoms with Gasteiger partial charge in [-0.3, -0.25) is 16.3 Å². The first-order chi connectivity index (χ1) is 9.75. The number of hydrazine groups is 1. The molecule has 0 aromatic carbocycles. The summed E-state index contributed by atoms with van der Waals surface area (Å²) in [5.41, 5.74) is 3.70. The SMILES string of the molecule is CCCOc1cncc(C(NN)C2(OC)CCCC2)c1. The molecule has 20 heavy (non-hydrogen) atoms. The fourth-order valence-electron chi connectivity index (χ4n) is 3.03. The van der Waals surface area contributed by atoms with Gasteiger partial charge in [0, 0.05) is 13.3 Å². The van der Waals surface area contributed by atoms with Crippen molar-refractivity contribution in [2.24, 2.45) is 5.84 Å². The highest BCUT2D eigenvalue weighted by Crippen LogP contribution is 2.42. The van der Waals surface area contributed by atoms with Gasteiger partial charge >= 0.3 is 0 Å². The maximum atomic E-state index is 5.82. The van der Waals surface area contributed by atoms with Crippen LogP contribution in [0.4, 0.5) is 0 Å². The summed E-state index contributed by atoms with van der Waals surface area (Å²) in [4.78, 5) is 4.27. The Morgan fingerprint density at radius 2 is 2.15 bits per heavy atom. The van der Waals surface area contributed by atoms with Crippen molar-refractivity contribution in [1.29, 1.82) is 0 Å². The molecule has 5 nitrogen and oxygen atoms in total. The third kappa shape index (κ3) is 3.11. The van der Waals surface area contributed by atoms with Gasteiger partial charge in [-0.25, -0.2) is 0 Å². The molecule has 1 heterocycles. The number of nitrogens with zero attached hydrogens (tertiary/aromatic N) is 1. The third-order valence-electron chi connectivity index (χ3n) is 4.09. The van der Waals surface area contributed by atoms with Crippen molar-refractivity contribution >= 4 is 0 Å². The summed E-state index contributed by atoms with van der Waals surface area (Å²) in [6, 6.07) is 1.94. The van der Waals surface area contributed by atoms with Crippen LogP contribution in [0.15, 0.2) is 18.5 Å². The van der Waals surface area contributed by atoms with Crippen LogP contribution in [0.25, 0.3) is 0 Å². The maximum Gasteiger partial charge on any atom is 0.137 e. The highest BCUT2D eigenvalue weighted by Gasteiger charge is 2.42. The lowest BCUT2D eigenvalue weighted by atomic mass is 9.88. The molecule has 0 radical (unpaired) electrons. The molecule has 1 saturated carbocycles. The average Bonchev–Trinajstić information content (AvgIpc) is 2.96. The molecule has 0 bridgehead atoms. The van der Waals surface area contributed by atoms with E-state index in [-0.39, 0.29) is 11.6 Å². The van der Waals surface area contributed by atoms with E-state index in [1.165, 1.54) is 12.8 Å². The van der Waals surface area contributed by atoms with E-state index in [0.29, 0.717) is 6.61 Å². The summed E-state index contributed by atoms with van der Waals surface area (Å²) in [7, 11) is 1.76. The van der Waals surface area contributed by atoms with Crippen molar-refractivity contribution < 1.29 is 9.47 Å². The van der Waals surface area contributed by atoms with Gasteiger partial charge in [0.2, 0.25) is 0 Å². The minimum atomic E-state index is -0.236. The highest BCUT2D eigenvalue weighted by molar-refractivity contribution is 5.28. The molecule has 0 spiro atoms. The standard InChI is InChI=1S/C15H25N3O2/c1-3-8-20-13-9-12(10-17-11-13)14(18-16)15(19-2)6-4-5-7-15/h9-11,14,18H,3-8,16H2,1-2H3. The minimum absolute atomic E-state index is 0.0623. The van der Waals surface area contributed by atoms with Crippen molar-refractivity contribution in [1.82, 2.24) is 10.4 Å². The normalized spacial score (nSPS) is 18.9. The second-order valence-corrected chi connectivity index (χ2v) is 5.38. The molecule has 1 fully saturated rings. The van der Waals surface area contributed by atoms with E-state index in [9.17, 15) is 0 Å². The van der Waals surface area contributed by atoms with Crippen LogP contribution < -0.4 is 16.0 Å². The van der Waals surface area contributed by atoms with Crippen LogP contribution in [0.2, 0.25) is 0 Å². The summed E-state index contributed by atoms with van der Waals surface area (Å²) in [5, 5.41) is 0. The predicted octanol–water partition coefficient (Wildman–Crippen LogP) is 2.33. The molecule has 1 aliphatic rings. The third-order valence-corrected chi connectivity index (χ3v) is 4.09. The zero-order valence-corrected chi connectivity index (χ0v) is 12.4. The van der Waals surface area contributed by atoms with E-state index >= 15 is 0 Å². The highest BCUT2D eigenvalue weighted by atomic mass is 16.5. The number of nitrogens with one attached hydrogen (secondary N) is 1. The van der Waals surface area contributed by atoms with Crippen molar-refractivity contribution in [2.75, 3.05) is 13.7 Å². The number of methoxy groups -OCH3 is 1. The zero-order chi connectivity index (χ0) is 14.4. The Labute approximate surface area is 120 Å². The lowest BCUT2D eigenvalue weighted by Gasteiger charge is -2.36. The summed E-state index contributed by atoms with van der Waals surface area (Å²) >= 11 is 0. The number of hydrogen-bond donors (Lipinski definition) is 2. The average molecular weight is 279 g/mol. The molecule has 1 aromatic rings. The Balaban J connectivity index is 2.22. The molecule has 112 valence electrons. The number of hydrogen-bond acceptors (Lipinski definition) is 5. The van der Waals surface area contributed by atoms with Crippen LogP contribution >= 0.6 is 0 Å². The van der Waals surface area contributed by atoms with Crippen molar-refractivity contribution in [2.45, 2.75) is 50.7 Å². The Bertz CT molecular complexity index is 419. The summed E-state index contributed by atoms with van der Waals surface area (Å²) in [6.07, 6.45) is 8.92. The second-order valence-electron chi connectivity index (χ2n) is 5.38. The molecule has 1 aromatic heterocycles.